The monoisotopic (exact) mass is 404 g/mol. The molecule has 106 valence electrons. The number of halogens is 2. The van der Waals surface area contributed by atoms with E-state index in [0.29, 0.717) is 0 Å². The Labute approximate surface area is 141 Å². The van der Waals surface area contributed by atoms with Gasteiger partial charge >= 0.3 is 0 Å². The van der Waals surface area contributed by atoms with E-state index in [1.807, 2.05) is 41.2 Å². The molecule has 0 spiro atoms. The average Bonchev–Trinajstić information content (AvgIpc) is 2.96. The summed E-state index contributed by atoms with van der Waals surface area (Å²) in [5.41, 5.74) is 4.65. The lowest BCUT2D eigenvalue weighted by Crippen LogP contribution is -1.94. The molecule has 0 N–H and O–H groups in total. The van der Waals surface area contributed by atoms with Gasteiger partial charge in [0.1, 0.15) is 0 Å². The average molecular weight is 406 g/mol. The van der Waals surface area contributed by atoms with Crippen LogP contribution in [0.3, 0.4) is 0 Å². The van der Waals surface area contributed by atoms with Crippen LogP contribution in [-0.2, 0) is 0 Å². The van der Waals surface area contributed by atoms with Crippen LogP contribution in [-0.4, -0.2) is 9.78 Å². The quantitative estimate of drug-likeness (QED) is 0.531. The predicted octanol–water partition coefficient (Wildman–Crippen LogP) is 5.43. The van der Waals surface area contributed by atoms with Crippen LogP contribution < -0.4 is 0 Å². The third-order valence-corrected chi connectivity index (χ3v) is 4.79. The Bertz CT molecular complexity index is 730. The fraction of sp³-hybridized carbons (Fsp3) is 0.118. The van der Waals surface area contributed by atoms with E-state index in [4.69, 9.17) is 0 Å². The predicted molar refractivity (Wildman–Crippen MR) is 93.2 cm³/mol. The van der Waals surface area contributed by atoms with Gasteiger partial charge in [0.25, 0.3) is 0 Å². The molecule has 0 fully saturated rings. The first-order chi connectivity index (χ1) is 10.1. The third-order valence-electron chi connectivity index (χ3n) is 3.27. The molecule has 0 amide bonds. The zero-order valence-corrected chi connectivity index (χ0v) is 14.7. The first kappa shape index (κ1) is 14.5. The van der Waals surface area contributed by atoms with Crippen molar-refractivity contribution in [2.75, 3.05) is 0 Å². The van der Waals surface area contributed by atoms with Crippen LogP contribution in [0.4, 0.5) is 0 Å². The van der Waals surface area contributed by atoms with Gasteiger partial charge in [-0.2, -0.15) is 5.10 Å². The van der Waals surface area contributed by atoms with Crippen LogP contribution >= 0.6 is 31.9 Å². The lowest BCUT2D eigenvalue weighted by molar-refractivity contribution is 0.880. The summed E-state index contributed by atoms with van der Waals surface area (Å²) in [6, 6.07) is 16.5. The normalized spacial score (nSPS) is 12.3. The highest BCUT2D eigenvalue weighted by Crippen LogP contribution is 2.33. The summed E-state index contributed by atoms with van der Waals surface area (Å²) in [7, 11) is 0. The summed E-state index contributed by atoms with van der Waals surface area (Å²) in [6.45, 7) is 2.10. The largest absolute Gasteiger partial charge is 0.241 e. The van der Waals surface area contributed by atoms with Gasteiger partial charge in [-0.3, -0.25) is 0 Å². The van der Waals surface area contributed by atoms with E-state index >= 15 is 0 Å². The molecule has 1 atom stereocenters. The van der Waals surface area contributed by atoms with Crippen molar-refractivity contribution in [1.29, 1.82) is 0 Å². The number of nitrogens with zero attached hydrogens (tertiary/aromatic N) is 2. The minimum Gasteiger partial charge on any atom is -0.241 e. The van der Waals surface area contributed by atoms with E-state index in [2.05, 4.69) is 68.3 Å². The molecule has 0 saturated heterocycles. The molecule has 1 unspecified atom stereocenters. The second-order valence-corrected chi connectivity index (χ2v) is 6.81. The molecule has 2 aromatic carbocycles. The molecule has 1 aromatic heterocycles. The number of aryl methyl sites for hydroxylation is 1. The molecule has 0 radical (unpaired) electrons. The number of hydrogen-bond acceptors (Lipinski definition) is 1. The van der Waals surface area contributed by atoms with Gasteiger partial charge in [-0.1, -0.05) is 56.1 Å². The zero-order chi connectivity index (χ0) is 14.8. The molecule has 3 rings (SSSR count). The van der Waals surface area contributed by atoms with E-state index in [1.165, 1.54) is 11.1 Å². The minimum absolute atomic E-state index is 0.131. The van der Waals surface area contributed by atoms with Crippen LogP contribution in [0.1, 0.15) is 21.5 Å². The second-order valence-electron chi connectivity index (χ2n) is 4.98. The van der Waals surface area contributed by atoms with Crippen LogP contribution in [0.25, 0.3) is 5.69 Å². The van der Waals surface area contributed by atoms with E-state index < -0.39 is 0 Å². The van der Waals surface area contributed by atoms with Gasteiger partial charge in [0.05, 0.1) is 16.7 Å². The SMILES string of the molecule is Cc1cc(Br)cc(C(Br)c2cnn(-c3ccccc3)c2)c1. The van der Waals surface area contributed by atoms with Crippen LogP contribution in [0.5, 0.6) is 0 Å². The van der Waals surface area contributed by atoms with Crippen molar-refractivity contribution in [3.8, 4) is 5.69 Å². The molecule has 21 heavy (non-hydrogen) atoms. The summed E-state index contributed by atoms with van der Waals surface area (Å²) in [5.74, 6) is 0. The maximum absolute atomic E-state index is 4.45. The molecule has 0 saturated carbocycles. The lowest BCUT2D eigenvalue weighted by Gasteiger charge is -2.10. The summed E-state index contributed by atoms with van der Waals surface area (Å²) in [6.07, 6.45) is 3.97. The fourth-order valence-corrected chi connectivity index (χ4v) is 3.42. The summed E-state index contributed by atoms with van der Waals surface area (Å²) in [4.78, 5) is 0.131. The van der Waals surface area contributed by atoms with Gasteiger partial charge < -0.3 is 0 Å². The zero-order valence-electron chi connectivity index (χ0n) is 11.5. The Kier molecular flexibility index (Phi) is 4.27. The molecule has 0 aliphatic rings. The highest BCUT2D eigenvalue weighted by molar-refractivity contribution is 9.10. The van der Waals surface area contributed by atoms with Crippen molar-refractivity contribution < 1.29 is 0 Å². The van der Waals surface area contributed by atoms with Gasteiger partial charge in [-0.15, -0.1) is 0 Å². The van der Waals surface area contributed by atoms with Crippen LogP contribution in [0, 0.1) is 6.92 Å². The summed E-state index contributed by atoms with van der Waals surface area (Å²) >= 11 is 7.33. The second kappa shape index (κ2) is 6.16. The molecular weight excluding hydrogens is 392 g/mol. The van der Waals surface area contributed by atoms with E-state index in [1.54, 1.807) is 0 Å². The number of para-hydroxylation sites is 1. The number of benzene rings is 2. The Hall–Kier alpha value is -1.39. The number of rotatable bonds is 3. The van der Waals surface area contributed by atoms with Gasteiger partial charge in [0.15, 0.2) is 0 Å². The van der Waals surface area contributed by atoms with E-state index in [9.17, 15) is 0 Å². The molecule has 0 aliphatic carbocycles. The minimum atomic E-state index is 0.131. The first-order valence-corrected chi connectivity index (χ1v) is 8.35. The van der Waals surface area contributed by atoms with Crippen molar-refractivity contribution in [1.82, 2.24) is 9.78 Å². The Morgan fingerprint density at radius 3 is 2.52 bits per heavy atom. The fourth-order valence-electron chi connectivity index (χ4n) is 2.29. The van der Waals surface area contributed by atoms with Crippen molar-refractivity contribution in [3.05, 3.63) is 82.1 Å². The Balaban J connectivity index is 1.92. The molecule has 2 nitrogen and oxygen atoms in total. The maximum atomic E-state index is 4.45. The molecule has 3 aromatic rings. The molecule has 1 heterocycles. The van der Waals surface area contributed by atoms with Crippen molar-refractivity contribution in [2.45, 2.75) is 11.8 Å². The summed E-state index contributed by atoms with van der Waals surface area (Å²) in [5, 5.41) is 4.45. The highest BCUT2D eigenvalue weighted by Gasteiger charge is 2.14. The van der Waals surface area contributed by atoms with Crippen molar-refractivity contribution in [3.63, 3.8) is 0 Å². The third kappa shape index (κ3) is 3.27. The molecule has 4 heteroatoms. The topological polar surface area (TPSA) is 17.8 Å². The number of hydrogen-bond donors (Lipinski definition) is 0. The van der Waals surface area contributed by atoms with Gasteiger partial charge in [0.2, 0.25) is 0 Å². The first-order valence-electron chi connectivity index (χ1n) is 6.64. The molecule has 0 bridgehead atoms. The smallest absolute Gasteiger partial charge is 0.0676 e. The Morgan fingerprint density at radius 2 is 1.81 bits per heavy atom. The standard InChI is InChI=1S/C17H14Br2N2/c1-12-7-13(9-15(18)8-12)17(19)14-10-20-21(11-14)16-5-3-2-4-6-16/h2-11,17H,1H3. The Morgan fingerprint density at radius 1 is 1.05 bits per heavy atom. The van der Waals surface area contributed by atoms with Gasteiger partial charge in [0, 0.05) is 16.2 Å². The van der Waals surface area contributed by atoms with E-state index in [0.717, 1.165) is 15.7 Å². The maximum Gasteiger partial charge on any atom is 0.0676 e. The number of alkyl halides is 1. The van der Waals surface area contributed by atoms with Crippen molar-refractivity contribution >= 4 is 31.9 Å². The molecular formula is C17H14Br2N2. The van der Waals surface area contributed by atoms with Crippen LogP contribution in [0.2, 0.25) is 0 Å². The van der Waals surface area contributed by atoms with Crippen molar-refractivity contribution in [2.24, 2.45) is 0 Å². The van der Waals surface area contributed by atoms with Gasteiger partial charge in [-0.25, -0.2) is 4.68 Å². The van der Waals surface area contributed by atoms with Crippen LogP contribution in [0.15, 0.2) is 65.4 Å². The van der Waals surface area contributed by atoms with E-state index in [-0.39, 0.29) is 4.83 Å². The lowest BCUT2D eigenvalue weighted by atomic mass is 10.1. The summed E-state index contributed by atoms with van der Waals surface area (Å²) < 4.78 is 2.99. The highest BCUT2D eigenvalue weighted by atomic mass is 79.9. The van der Waals surface area contributed by atoms with Gasteiger partial charge in [-0.05, 0) is 42.3 Å². The molecule has 0 aliphatic heterocycles. The number of aromatic nitrogens is 2.